The van der Waals surface area contributed by atoms with Crippen LogP contribution in [0.3, 0.4) is 0 Å². The van der Waals surface area contributed by atoms with Crippen LogP contribution in [0, 0.1) is 5.92 Å². The SMILES string of the molecule is CCOc1ccc(C2C(C(=O)CC(C)C)=C(O)C(=O)N2Cc2ccccc2)cc1. The maximum absolute atomic E-state index is 12.9. The molecule has 1 N–H and O–H groups in total. The minimum atomic E-state index is -0.621. The number of nitrogens with zero attached hydrogens (tertiary/aromatic N) is 1. The Morgan fingerprint density at radius 2 is 1.76 bits per heavy atom. The molecule has 5 heteroatoms. The van der Waals surface area contributed by atoms with Crippen molar-refractivity contribution in [2.24, 2.45) is 5.92 Å². The zero-order chi connectivity index (χ0) is 21.0. The molecule has 1 amide bonds. The topological polar surface area (TPSA) is 66.8 Å². The van der Waals surface area contributed by atoms with Crippen LogP contribution in [0.1, 0.15) is 44.4 Å². The van der Waals surface area contributed by atoms with E-state index in [1.54, 1.807) is 4.90 Å². The molecule has 0 radical (unpaired) electrons. The first kappa shape index (κ1) is 20.6. The van der Waals surface area contributed by atoms with E-state index in [9.17, 15) is 14.7 Å². The fourth-order valence-corrected chi connectivity index (χ4v) is 3.62. The van der Waals surface area contributed by atoms with Gasteiger partial charge in [-0.15, -0.1) is 0 Å². The number of ether oxygens (including phenoxy) is 1. The molecule has 0 saturated carbocycles. The van der Waals surface area contributed by atoms with Gasteiger partial charge in [0.1, 0.15) is 5.75 Å². The second-order valence-electron chi connectivity index (χ2n) is 7.61. The number of carbonyl (C=O) groups is 2. The molecule has 1 unspecified atom stereocenters. The van der Waals surface area contributed by atoms with Crippen LogP contribution in [0.4, 0.5) is 0 Å². The number of amides is 1. The maximum Gasteiger partial charge on any atom is 0.290 e. The molecule has 2 aromatic carbocycles. The van der Waals surface area contributed by atoms with E-state index in [0.29, 0.717) is 13.2 Å². The first-order valence-electron chi connectivity index (χ1n) is 9.96. The van der Waals surface area contributed by atoms with Crippen molar-refractivity contribution in [2.75, 3.05) is 6.61 Å². The van der Waals surface area contributed by atoms with Crippen LogP contribution in [0.5, 0.6) is 5.75 Å². The minimum absolute atomic E-state index is 0.127. The monoisotopic (exact) mass is 393 g/mol. The second kappa shape index (κ2) is 8.95. The average molecular weight is 393 g/mol. The number of hydrogen-bond acceptors (Lipinski definition) is 4. The summed E-state index contributed by atoms with van der Waals surface area (Å²) in [5.41, 5.74) is 1.89. The van der Waals surface area contributed by atoms with Crippen LogP contribution in [-0.4, -0.2) is 28.3 Å². The van der Waals surface area contributed by atoms with E-state index in [0.717, 1.165) is 16.9 Å². The van der Waals surface area contributed by atoms with Crippen molar-refractivity contribution in [1.82, 2.24) is 4.90 Å². The number of hydrogen-bond donors (Lipinski definition) is 1. The van der Waals surface area contributed by atoms with Gasteiger partial charge in [-0.05, 0) is 36.1 Å². The molecule has 1 aliphatic rings. The molecule has 0 bridgehead atoms. The first-order valence-corrected chi connectivity index (χ1v) is 9.96. The highest BCUT2D eigenvalue weighted by atomic mass is 16.5. The zero-order valence-corrected chi connectivity index (χ0v) is 17.1. The molecule has 1 atom stereocenters. The standard InChI is InChI=1S/C24H27NO4/c1-4-29-19-12-10-18(11-13-19)22-21(20(26)14-16(2)3)23(27)24(28)25(22)15-17-8-6-5-7-9-17/h5-13,16,22,27H,4,14-15H2,1-3H3. The van der Waals surface area contributed by atoms with Crippen LogP contribution in [0.25, 0.3) is 0 Å². The lowest BCUT2D eigenvalue weighted by atomic mass is 9.92. The molecule has 0 saturated heterocycles. The Balaban J connectivity index is 2.01. The molecule has 0 fully saturated rings. The average Bonchev–Trinajstić information content (AvgIpc) is 2.94. The van der Waals surface area contributed by atoms with Gasteiger partial charge < -0.3 is 14.7 Å². The minimum Gasteiger partial charge on any atom is -0.503 e. The van der Waals surface area contributed by atoms with E-state index in [-0.39, 0.29) is 23.7 Å². The molecular weight excluding hydrogens is 366 g/mol. The van der Waals surface area contributed by atoms with E-state index in [1.807, 2.05) is 75.4 Å². The lowest BCUT2D eigenvalue weighted by Gasteiger charge is -2.27. The summed E-state index contributed by atoms with van der Waals surface area (Å²) >= 11 is 0. The van der Waals surface area contributed by atoms with E-state index in [2.05, 4.69) is 0 Å². The summed E-state index contributed by atoms with van der Waals surface area (Å²) in [6.07, 6.45) is 0.277. The van der Waals surface area contributed by atoms with Gasteiger partial charge in [-0.1, -0.05) is 56.3 Å². The molecule has 2 aromatic rings. The third-order valence-corrected chi connectivity index (χ3v) is 4.90. The van der Waals surface area contributed by atoms with Gasteiger partial charge in [0.2, 0.25) is 0 Å². The van der Waals surface area contributed by atoms with Crippen LogP contribution in [0.2, 0.25) is 0 Å². The summed E-state index contributed by atoms with van der Waals surface area (Å²) < 4.78 is 5.51. The van der Waals surface area contributed by atoms with E-state index in [4.69, 9.17) is 4.74 Å². The molecule has 29 heavy (non-hydrogen) atoms. The van der Waals surface area contributed by atoms with Crippen molar-refractivity contribution in [2.45, 2.75) is 39.8 Å². The third-order valence-electron chi connectivity index (χ3n) is 4.90. The summed E-state index contributed by atoms with van der Waals surface area (Å²) in [6.45, 7) is 6.66. The third kappa shape index (κ3) is 4.50. The predicted molar refractivity (Wildman–Crippen MR) is 111 cm³/mol. The molecule has 0 spiro atoms. The molecule has 152 valence electrons. The number of benzene rings is 2. The first-order chi connectivity index (χ1) is 13.9. The summed E-state index contributed by atoms with van der Waals surface area (Å²) in [7, 11) is 0. The molecular formula is C24H27NO4. The normalized spacial score (nSPS) is 16.6. The van der Waals surface area contributed by atoms with Crippen molar-refractivity contribution in [3.05, 3.63) is 77.1 Å². The van der Waals surface area contributed by atoms with Gasteiger partial charge >= 0.3 is 0 Å². The Bertz CT molecular complexity index is 900. The Hall–Kier alpha value is -3.08. The Labute approximate surface area is 171 Å². The van der Waals surface area contributed by atoms with E-state index < -0.39 is 17.7 Å². The van der Waals surface area contributed by atoms with Gasteiger partial charge in [0.25, 0.3) is 5.91 Å². The summed E-state index contributed by atoms with van der Waals surface area (Å²) in [6, 6.07) is 16.3. The number of rotatable bonds is 8. The maximum atomic E-state index is 12.9. The molecule has 0 aromatic heterocycles. The summed E-state index contributed by atoms with van der Waals surface area (Å²) in [5.74, 6) is -0.300. The Kier molecular flexibility index (Phi) is 6.37. The Morgan fingerprint density at radius 1 is 1.10 bits per heavy atom. The Morgan fingerprint density at radius 3 is 2.34 bits per heavy atom. The summed E-state index contributed by atoms with van der Waals surface area (Å²) in [4.78, 5) is 27.4. The van der Waals surface area contributed by atoms with Crippen LogP contribution < -0.4 is 4.74 Å². The van der Waals surface area contributed by atoms with Gasteiger partial charge in [0, 0.05) is 13.0 Å². The van der Waals surface area contributed by atoms with Gasteiger partial charge in [-0.2, -0.15) is 0 Å². The highest BCUT2D eigenvalue weighted by Gasteiger charge is 2.43. The molecule has 5 nitrogen and oxygen atoms in total. The fraction of sp³-hybridized carbons (Fsp3) is 0.333. The van der Waals surface area contributed by atoms with E-state index >= 15 is 0 Å². The molecule has 1 heterocycles. The molecule has 1 aliphatic heterocycles. The number of carbonyl (C=O) groups excluding carboxylic acids is 2. The van der Waals surface area contributed by atoms with Gasteiger partial charge in [0.05, 0.1) is 18.2 Å². The van der Waals surface area contributed by atoms with Crippen LogP contribution in [-0.2, 0) is 16.1 Å². The largest absolute Gasteiger partial charge is 0.503 e. The number of ketones is 1. The van der Waals surface area contributed by atoms with Crippen molar-refractivity contribution < 1.29 is 19.4 Å². The van der Waals surface area contributed by atoms with Gasteiger partial charge in [-0.25, -0.2) is 0 Å². The fourth-order valence-electron chi connectivity index (χ4n) is 3.62. The number of aliphatic hydroxyl groups is 1. The van der Waals surface area contributed by atoms with Gasteiger partial charge in [-0.3, -0.25) is 9.59 Å². The molecule has 0 aliphatic carbocycles. The van der Waals surface area contributed by atoms with Crippen molar-refractivity contribution in [1.29, 1.82) is 0 Å². The van der Waals surface area contributed by atoms with Crippen molar-refractivity contribution >= 4 is 11.7 Å². The van der Waals surface area contributed by atoms with Gasteiger partial charge in [0.15, 0.2) is 11.5 Å². The van der Waals surface area contributed by atoms with E-state index in [1.165, 1.54) is 0 Å². The molecule has 3 rings (SSSR count). The van der Waals surface area contributed by atoms with Crippen molar-refractivity contribution in [3.63, 3.8) is 0 Å². The number of Topliss-reactive ketones (excluding diaryl/α,β-unsaturated/α-hetero) is 1. The zero-order valence-electron chi connectivity index (χ0n) is 17.1. The smallest absolute Gasteiger partial charge is 0.290 e. The van der Waals surface area contributed by atoms with Crippen LogP contribution in [0.15, 0.2) is 65.9 Å². The summed E-state index contributed by atoms with van der Waals surface area (Å²) in [5, 5.41) is 10.6. The quantitative estimate of drug-likeness (QED) is 0.712. The predicted octanol–water partition coefficient (Wildman–Crippen LogP) is 4.60. The van der Waals surface area contributed by atoms with Crippen LogP contribution >= 0.6 is 0 Å². The number of aliphatic hydroxyl groups excluding tert-OH is 1. The lowest BCUT2D eigenvalue weighted by molar-refractivity contribution is -0.130. The highest BCUT2D eigenvalue weighted by molar-refractivity contribution is 6.09. The van der Waals surface area contributed by atoms with Crippen molar-refractivity contribution in [3.8, 4) is 5.75 Å². The lowest BCUT2D eigenvalue weighted by Crippen LogP contribution is -2.30. The second-order valence-corrected chi connectivity index (χ2v) is 7.61. The highest BCUT2D eigenvalue weighted by Crippen LogP contribution is 2.40.